The lowest BCUT2D eigenvalue weighted by atomic mass is 9.96. The highest BCUT2D eigenvalue weighted by molar-refractivity contribution is 5.37. The van der Waals surface area contributed by atoms with Crippen LogP contribution in [0.1, 0.15) is 50.6 Å². The summed E-state index contributed by atoms with van der Waals surface area (Å²) in [6.07, 6.45) is 6.34. The summed E-state index contributed by atoms with van der Waals surface area (Å²) in [5.74, 6) is 1.05. The number of nitrogens with one attached hydrogen (secondary N) is 2. The van der Waals surface area contributed by atoms with Gasteiger partial charge in [0.2, 0.25) is 0 Å². The van der Waals surface area contributed by atoms with E-state index in [1.165, 1.54) is 37.8 Å². The Bertz CT molecular complexity index is 429. The minimum absolute atomic E-state index is 0.443. The van der Waals surface area contributed by atoms with Crippen molar-refractivity contribution in [1.82, 2.24) is 10.6 Å². The normalized spacial score (nSPS) is 27.4. The van der Waals surface area contributed by atoms with E-state index in [1.807, 2.05) is 0 Å². The van der Waals surface area contributed by atoms with E-state index in [-0.39, 0.29) is 0 Å². The molecule has 2 aliphatic heterocycles. The van der Waals surface area contributed by atoms with Crippen LogP contribution in [0.3, 0.4) is 0 Å². The molecule has 3 nitrogen and oxygen atoms in total. The lowest BCUT2D eigenvalue weighted by molar-refractivity contribution is 0.238. The Balaban J connectivity index is 1.57. The van der Waals surface area contributed by atoms with E-state index in [0.717, 1.165) is 18.8 Å². The average Bonchev–Trinajstić information content (AvgIpc) is 2.48. The predicted molar refractivity (Wildman–Crippen MR) is 82.2 cm³/mol. The van der Waals surface area contributed by atoms with E-state index < -0.39 is 0 Å². The highest BCUT2D eigenvalue weighted by Gasteiger charge is 2.23. The van der Waals surface area contributed by atoms with Crippen molar-refractivity contribution in [3.8, 4) is 5.75 Å². The molecule has 0 bridgehead atoms. The molecule has 3 heteroatoms. The van der Waals surface area contributed by atoms with Gasteiger partial charge in [0.05, 0.1) is 6.61 Å². The molecule has 0 aromatic heterocycles. The Morgan fingerprint density at radius 2 is 2.20 bits per heavy atom. The molecule has 2 heterocycles. The molecule has 0 amide bonds. The molecule has 1 fully saturated rings. The van der Waals surface area contributed by atoms with Gasteiger partial charge < -0.3 is 15.4 Å². The van der Waals surface area contributed by atoms with Gasteiger partial charge in [-0.1, -0.05) is 24.6 Å². The second-order valence-electron chi connectivity index (χ2n) is 6.18. The Morgan fingerprint density at radius 3 is 3.05 bits per heavy atom. The summed E-state index contributed by atoms with van der Waals surface area (Å²) < 4.78 is 5.73. The molecule has 3 atom stereocenters. The van der Waals surface area contributed by atoms with Crippen LogP contribution in [0.15, 0.2) is 24.3 Å². The topological polar surface area (TPSA) is 33.3 Å². The van der Waals surface area contributed by atoms with Crippen LogP contribution < -0.4 is 15.4 Å². The van der Waals surface area contributed by atoms with E-state index in [0.29, 0.717) is 18.1 Å². The van der Waals surface area contributed by atoms with Crippen LogP contribution in [0.25, 0.3) is 0 Å². The minimum Gasteiger partial charge on any atom is -0.493 e. The molecule has 1 aromatic carbocycles. The van der Waals surface area contributed by atoms with Crippen LogP contribution in [0.2, 0.25) is 0 Å². The number of ether oxygens (including phenoxy) is 1. The lowest BCUT2D eigenvalue weighted by Crippen LogP contribution is -2.41. The Kier molecular flexibility index (Phi) is 4.58. The van der Waals surface area contributed by atoms with Crippen LogP contribution in [0.5, 0.6) is 5.75 Å². The maximum atomic E-state index is 5.73. The third-order valence-corrected chi connectivity index (χ3v) is 4.49. The van der Waals surface area contributed by atoms with Gasteiger partial charge in [-0.05, 0) is 38.8 Å². The zero-order valence-corrected chi connectivity index (χ0v) is 12.4. The molecule has 20 heavy (non-hydrogen) atoms. The molecule has 0 spiro atoms. The first-order chi connectivity index (χ1) is 9.83. The Hall–Kier alpha value is -1.06. The second kappa shape index (κ2) is 6.59. The maximum Gasteiger partial charge on any atom is 0.124 e. The fourth-order valence-electron chi connectivity index (χ4n) is 3.48. The van der Waals surface area contributed by atoms with Gasteiger partial charge in [0.25, 0.3) is 0 Å². The largest absolute Gasteiger partial charge is 0.493 e. The first-order valence-electron chi connectivity index (χ1n) is 8.04. The second-order valence-corrected chi connectivity index (χ2v) is 6.18. The Morgan fingerprint density at radius 1 is 1.30 bits per heavy atom. The van der Waals surface area contributed by atoms with Gasteiger partial charge in [-0.2, -0.15) is 0 Å². The van der Waals surface area contributed by atoms with Crippen LogP contribution >= 0.6 is 0 Å². The molecule has 1 saturated heterocycles. The number of piperidine rings is 1. The van der Waals surface area contributed by atoms with Gasteiger partial charge in [0.1, 0.15) is 5.75 Å². The van der Waals surface area contributed by atoms with E-state index in [9.17, 15) is 0 Å². The smallest absolute Gasteiger partial charge is 0.124 e. The fourth-order valence-corrected chi connectivity index (χ4v) is 3.48. The van der Waals surface area contributed by atoms with Crippen LogP contribution in [-0.4, -0.2) is 25.2 Å². The molecule has 3 unspecified atom stereocenters. The molecule has 3 rings (SSSR count). The summed E-state index contributed by atoms with van der Waals surface area (Å²) in [6.45, 7) is 4.33. The van der Waals surface area contributed by atoms with E-state index >= 15 is 0 Å². The highest BCUT2D eigenvalue weighted by atomic mass is 16.5. The van der Waals surface area contributed by atoms with Gasteiger partial charge in [0.15, 0.2) is 0 Å². The third kappa shape index (κ3) is 3.33. The molecule has 2 N–H and O–H groups in total. The van der Waals surface area contributed by atoms with E-state index in [4.69, 9.17) is 4.74 Å². The standard InChI is InChI=1S/C17H26N2O/c1-13(12-14-6-4-5-10-18-14)19-16-9-11-20-17-8-3-2-7-15(16)17/h2-3,7-8,13-14,16,18-19H,4-6,9-12H2,1H3. The van der Waals surface area contributed by atoms with Crippen molar-refractivity contribution in [2.75, 3.05) is 13.2 Å². The van der Waals surface area contributed by atoms with Crippen molar-refractivity contribution in [1.29, 1.82) is 0 Å². The van der Waals surface area contributed by atoms with Crippen LogP contribution in [0, 0.1) is 0 Å². The number of hydrogen-bond donors (Lipinski definition) is 2. The number of para-hydroxylation sites is 1. The summed E-state index contributed by atoms with van der Waals surface area (Å²) in [4.78, 5) is 0. The quantitative estimate of drug-likeness (QED) is 0.885. The van der Waals surface area contributed by atoms with Crippen molar-refractivity contribution >= 4 is 0 Å². The predicted octanol–water partition coefficient (Wildman–Crippen LogP) is 3.02. The highest BCUT2D eigenvalue weighted by Crippen LogP contribution is 2.32. The van der Waals surface area contributed by atoms with Crippen LogP contribution in [-0.2, 0) is 0 Å². The van der Waals surface area contributed by atoms with Crippen molar-refractivity contribution in [3.63, 3.8) is 0 Å². The van der Waals surface area contributed by atoms with Crippen molar-refractivity contribution < 1.29 is 4.74 Å². The third-order valence-electron chi connectivity index (χ3n) is 4.49. The van der Waals surface area contributed by atoms with Gasteiger partial charge >= 0.3 is 0 Å². The minimum atomic E-state index is 0.443. The van der Waals surface area contributed by atoms with Gasteiger partial charge in [-0.25, -0.2) is 0 Å². The summed E-state index contributed by atoms with van der Waals surface area (Å²) in [7, 11) is 0. The van der Waals surface area contributed by atoms with Crippen molar-refractivity contribution in [2.45, 2.75) is 57.2 Å². The zero-order valence-electron chi connectivity index (χ0n) is 12.4. The fraction of sp³-hybridized carbons (Fsp3) is 0.647. The number of benzene rings is 1. The summed E-state index contributed by atoms with van der Waals surface area (Å²) >= 11 is 0. The number of fused-ring (bicyclic) bond motifs is 1. The van der Waals surface area contributed by atoms with Crippen molar-refractivity contribution in [3.05, 3.63) is 29.8 Å². The monoisotopic (exact) mass is 274 g/mol. The number of hydrogen-bond acceptors (Lipinski definition) is 3. The molecule has 1 aromatic rings. The van der Waals surface area contributed by atoms with Gasteiger partial charge in [-0.3, -0.25) is 0 Å². The van der Waals surface area contributed by atoms with Crippen LogP contribution in [0.4, 0.5) is 0 Å². The molecule has 2 aliphatic rings. The first-order valence-corrected chi connectivity index (χ1v) is 8.04. The molecule has 0 radical (unpaired) electrons. The molecule has 0 saturated carbocycles. The average molecular weight is 274 g/mol. The zero-order chi connectivity index (χ0) is 13.8. The number of rotatable bonds is 4. The molecular weight excluding hydrogens is 248 g/mol. The SMILES string of the molecule is CC(CC1CCCCN1)NC1CCOc2ccccc21. The Labute approximate surface area is 122 Å². The first kappa shape index (κ1) is 13.9. The molecule has 0 aliphatic carbocycles. The summed E-state index contributed by atoms with van der Waals surface area (Å²) in [6, 6.07) is 10.1. The summed E-state index contributed by atoms with van der Waals surface area (Å²) in [5.41, 5.74) is 1.32. The van der Waals surface area contributed by atoms with Gasteiger partial charge in [-0.15, -0.1) is 0 Å². The molecular formula is C17H26N2O. The maximum absolute atomic E-state index is 5.73. The van der Waals surface area contributed by atoms with E-state index in [2.05, 4.69) is 41.8 Å². The van der Waals surface area contributed by atoms with E-state index in [1.54, 1.807) is 0 Å². The lowest BCUT2D eigenvalue weighted by Gasteiger charge is -2.32. The van der Waals surface area contributed by atoms with Crippen molar-refractivity contribution in [2.24, 2.45) is 0 Å². The molecule has 110 valence electrons. The van der Waals surface area contributed by atoms with Gasteiger partial charge in [0, 0.05) is 30.1 Å². The summed E-state index contributed by atoms with van der Waals surface area (Å²) in [5, 5.41) is 7.44.